The number of esters is 1. The molecule has 0 unspecified atom stereocenters. The molecular weight excluding hydrogens is 436 g/mol. The molecule has 0 spiro atoms. The van der Waals surface area contributed by atoms with Crippen LogP contribution in [-0.2, 0) is 20.7 Å². The van der Waals surface area contributed by atoms with Crippen LogP contribution in [0.15, 0.2) is 53.2 Å². The number of carbonyl (C=O) groups is 2. The molecule has 0 fully saturated rings. The van der Waals surface area contributed by atoms with Crippen molar-refractivity contribution < 1.29 is 19.1 Å². The van der Waals surface area contributed by atoms with Crippen LogP contribution in [0.25, 0.3) is 6.08 Å². The highest BCUT2D eigenvalue weighted by atomic mass is 35.5. The highest BCUT2D eigenvalue weighted by molar-refractivity contribution is 8.14. The van der Waals surface area contributed by atoms with Crippen LogP contribution >= 0.6 is 23.4 Å². The van der Waals surface area contributed by atoms with E-state index in [1.165, 1.54) is 17.6 Å². The van der Waals surface area contributed by atoms with Gasteiger partial charge in [0.25, 0.3) is 5.91 Å². The number of hydrogen-bond acceptors (Lipinski definition) is 6. The molecule has 6 nitrogen and oxygen atoms in total. The minimum Gasteiger partial charge on any atom is -0.495 e. The molecule has 1 amide bonds. The smallest absolute Gasteiger partial charge is 0.316 e. The topological polar surface area (TPSA) is 68.2 Å². The Hall–Kier alpha value is -2.77. The SMILES string of the molecule is CCOC(=O)CSC1=NC(=Cc2ccc(CC)cc2)C(=O)N1c1ccc(OC)c(Cl)c1. The molecule has 0 N–H and O–H groups in total. The lowest BCUT2D eigenvalue weighted by molar-refractivity contribution is -0.139. The molecule has 2 aromatic carbocycles. The Morgan fingerprint density at radius 2 is 1.94 bits per heavy atom. The first kappa shape index (κ1) is 22.9. The molecule has 0 radical (unpaired) electrons. The summed E-state index contributed by atoms with van der Waals surface area (Å²) in [4.78, 5) is 31.0. The third-order valence-corrected chi connectivity index (χ3v) is 5.75. The summed E-state index contributed by atoms with van der Waals surface area (Å²) in [5.41, 5.74) is 2.90. The lowest BCUT2D eigenvalue weighted by Crippen LogP contribution is -2.31. The number of halogens is 1. The van der Waals surface area contributed by atoms with E-state index in [-0.39, 0.29) is 23.3 Å². The fourth-order valence-electron chi connectivity index (χ4n) is 2.95. The summed E-state index contributed by atoms with van der Waals surface area (Å²) in [7, 11) is 1.52. The van der Waals surface area contributed by atoms with Gasteiger partial charge in [0.2, 0.25) is 0 Å². The Morgan fingerprint density at radius 3 is 2.55 bits per heavy atom. The van der Waals surface area contributed by atoms with Crippen molar-refractivity contribution in [1.29, 1.82) is 0 Å². The van der Waals surface area contributed by atoms with E-state index in [4.69, 9.17) is 21.1 Å². The summed E-state index contributed by atoms with van der Waals surface area (Å²) in [5, 5.41) is 0.755. The van der Waals surface area contributed by atoms with Gasteiger partial charge >= 0.3 is 5.97 Å². The summed E-state index contributed by atoms with van der Waals surface area (Å²) in [5.74, 6) is -0.129. The highest BCUT2D eigenvalue weighted by Crippen LogP contribution is 2.34. The second-order valence-electron chi connectivity index (χ2n) is 6.57. The number of aryl methyl sites for hydroxylation is 1. The van der Waals surface area contributed by atoms with Gasteiger partial charge in [0.1, 0.15) is 11.4 Å². The molecular formula is C23H23ClN2O4S. The Bertz CT molecular complexity index is 1030. The van der Waals surface area contributed by atoms with Crippen molar-refractivity contribution in [3.8, 4) is 5.75 Å². The number of thioether (sulfide) groups is 1. The Morgan fingerprint density at radius 1 is 1.19 bits per heavy atom. The summed E-state index contributed by atoms with van der Waals surface area (Å²) >= 11 is 7.41. The van der Waals surface area contributed by atoms with E-state index >= 15 is 0 Å². The van der Waals surface area contributed by atoms with Gasteiger partial charge in [0, 0.05) is 0 Å². The van der Waals surface area contributed by atoms with Gasteiger partial charge in [-0.15, -0.1) is 0 Å². The number of anilines is 1. The van der Waals surface area contributed by atoms with Gasteiger partial charge in [0.05, 0.1) is 30.2 Å². The van der Waals surface area contributed by atoms with E-state index in [1.807, 2.05) is 24.3 Å². The molecule has 0 bridgehead atoms. The van der Waals surface area contributed by atoms with Gasteiger partial charge in [-0.3, -0.25) is 14.5 Å². The minimum absolute atomic E-state index is 0.0405. The number of benzene rings is 2. The number of ether oxygens (including phenoxy) is 2. The predicted octanol–water partition coefficient (Wildman–Crippen LogP) is 4.95. The van der Waals surface area contributed by atoms with Crippen LogP contribution in [0.3, 0.4) is 0 Å². The standard InChI is InChI=1S/C23H23ClN2O4S/c1-4-15-6-8-16(9-7-15)12-19-22(28)26(17-10-11-20(29-3)18(24)13-17)23(25-19)31-14-21(27)30-5-2/h6-13H,4-5,14H2,1-3H3. The van der Waals surface area contributed by atoms with E-state index < -0.39 is 0 Å². The van der Waals surface area contributed by atoms with Crippen molar-refractivity contribution in [2.45, 2.75) is 20.3 Å². The number of aliphatic imine (C=N–C) groups is 1. The molecule has 0 saturated carbocycles. The number of carbonyl (C=O) groups excluding carboxylic acids is 2. The summed E-state index contributed by atoms with van der Waals surface area (Å²) in [6, 6.07) is 13.0. The maximum atomic E-state index is 13.2. The maximum absolute atomic E-state index is 13.2. The van der Waals surface area contributed by atoms with Gasteiger partial charge in [-0.05, 0) is 48.7 Å². The van der Waals surface area contributed by atoms with Crippen LogP contribution in [0.4, 0.5) is 5.69 Å². The van der Waals surface area contributed by atoms with Crippen LogP contribution in [0.5, 0.6) is 5.75 Å². The summed E-state index contributed by atoms with van der Waals surface area (Å²) < 4.78 is 10.2. The molecule has 0 atom stereocenters. The monoisotopic (exact) mass is 458 g/mol. The van der Waals surface area contributed by atoms with E-state index in [0.29, 0.717) is 28.2 Å². The first-order valence-electron chi connectivity index (χ1n) is 9.82. The Balaban J connectivity index is 1.94. The zero-order valence-electron chi connectivity index (χ0n) is 17.6. The number of methoxy groups -OCH3 is 1. The van der Waals surface area contributed by atoms with Gasteiger partial charge in [-0.2, -0.15) is 0 Å². The number of rotatable bonds is 7. The molecule has 1 aliphatic rings. The van der Waals surface area contributed by atoms with Crippen LogP contribution in [-0.4, -0.2) is 36.5 Å². The Labute approximate surface area is 190 Å². The second kappa shape index (κ2) is 10.5. The minimum atomic E-state index is -0.372. The van der Waals surface area contributed by atoms with Crippen molar-refractivity contribution in [1.82, 2.24) is 0 Å². The number of amides is 1. The molecule has 31 heavy (non-hydrogen) atoms. The lowest BCUT2D eigenvalue weighted by Gasteiger charge is -2.18. The zero-order valence-corrected chi connectivity index (χ0v) is 19.1. The van der Waals surface area contributed by atoms with Crippen LogP contribution in [0.1, 0.15) is 25.0 Å². The van der Waals surface area contributed by atoms with E-state index in [2.05, 4.69) is 11.9 Å². The van der Waals surface area contributed by atoms with E-state index in [9.17, 15) is 9.59 Å². The molecule has 0 aliphatic carbocycles. The number of nitrogens with zero attached hydrogens (tertiary/aromatic N) is 2. The van der Waals surface area contributed by atoms with Crippen molar-refractivity contribution in [3.05, 3.63) is 64.3 Å². The normalized spacial score (nSPS) is 14.7. The van der Waals surface area contributed by atoms with E-state index in [1.54, 1.807) is 31.2 Å². The fraction of sp³-hybridized carbons (Fsp3) is 0.261. The van der Waals surface area contributed by atoms with Crippen molar-refractivity contribution in [2.75, 3.05) is 24.4 Å². The summed E-state index contributed by atoms with van der Waals surface area (Å²) in [6.07, 6.45) is 2.67. The Kier molecular flexibility index (Phi) is 7.76. The molecule has 1 aliphatic heterocycles. The van der Waals surface area contributed by atoms with Crippen LogP contribution in [0, 0.1) is 0 Å². The molecule has 8 heteroatoms. The number of amidine groups is 1. The lowest BCUT2D eigenvalue weighted by atomic mass is 10.1. The third-order valence-electron chi connectivity index (χ3n) is 4.54. The second-order valence-corrected chi connectivity index (χ2v) is 7.92. The molecule has 1 heterocycles. The molecule has 2 aromatic rings. The van der Waals surface area contributed by atoms with Gasteiger partial charge in [0.15, 0.2) is 5.17 Å². The summed E-state index contributed by atoms with van der Waals surface area (Å²) in [6.45, 7) is 4.13. The molecule has 3 rings (SSSR count). The molecule has 0 aromatic heterocycles. The van der Waals surface area contributed by atoms with Crippen molar-refractivity contribution in [3.63, 3.8) is 0 Å². The quantitative estimate of drug-likeness (QED) is 0.433. The average Bonchev–Trinajstić information content (AvgIpc) is 3.08. The third kappa shape index (κ3) is 5.48. The van der Waals surface area contributed by atoms with Crippen LogP contribution in [0.2, 0.25) is 5.02 Å². The first-order valence-corrected chi connectivity index (χ1v) is 11.2. The van der Waals surface area contributed by atoms with Gasteiger partial charge < -0.3 is 9.47 Å². The predicted molar refractivity (Wildman–Crippen MR) is 126 cm³/mol. The van der Waals surface area contributed by atoms with Crippen molar-refractivity contribution in [2.24, 2.45) is 4.99 Å². The van der Waals surface area contributed by atoms with E-state index in [0.717, 1.165) is 23.7 Å². The van der Waals surface area contributed by atoms with Gasteiger partial charge in [-0.25, -0.2) is 4.99 Å². The first-order chi connectivity index (χ1) is 15.0. The highest BCUT2D eigenvalue weighted by Gasteiger charge is 2.33. The number of hydrogen-bond donors (Lipinski definition) is 0. The molecule has 162 valence electrons. The van der Waals surface area contributed by atoms with Gasteiger partial charge in [-0.1, -0.05) is 54.6 Å². The van der Waals surface area contributed by atoms with Crippen molar-refractivity contribution >= 4 is 52.2 Å². The zero-order chi connectivity index (χ0) is 22.4. The largest absolute Gasteiger partial charge is 0.495 e. The maximum Gasteiger partial charge on any atom is 0.316 e. The average molecular weight is 459 g/mol. The molecule has 0 saturated heterocycles. The van der Waals surface area contributed by atoms with Crippen LogP contribution < -0.4 is 9.64 Å². The fourth-order valence-corrected chi connectivity index (χ4v) is 4.01.